The van der Waals surface area contributed by atoms with Gasteiger partial charge in [-0.25, -0.2) is 19.9 Å². The molecule has 10 rings (SSSR count). The molecule has 0 spiro atoms. The highest BCUT2D eigenvalue weighted by Crippen LogP contribution is 2.38. The molecular weight excluding hydrogens is 601 g/mol. The molecule has 0 amide bonds. The van der Waals surface area contributed by atoms with Gasteiger partial charge in [0.15, 0.2) is 17.5 Å². The van der Waals surface area contributed by atoms with Gasteiger partial charge in [-0.3, -0.25) is 0 Å². The molecule has 0 atom stereocenters. The molecule has 0 radical (unpaired) electrons. The van der Waals surface area contributed by atoms with E-state index in [1.807, 2.05) is 54.7 Å². The monoisotopic (exact) mass is 626 g/mol. The van der Waals surface area contributed by atoms with Gasteiger partial charge in [-0.15, -0.1) is 0 Å². The minimum Gasteiger partial charge on any atom is -0.438 e. The third kappa shape index (κ3) is 4.63. The van der Waals surface area contributed by atoms with Crippen molar-refractivity contribution in [3.8, 4) is 45.3 Å². The minimum absolute atomic E-state index is 0.623. The highest BCUT2D eigenvalue weighted by molar-refractivity contribution is 6.18. The van der Waals surface area contributed by atoms with E-state index in [4.69, 9.17) is 24.4 Å². The van der Waals surface area contributed by atoms with Crippen LogP contribution in [0.5, 0.6) is 0 Å². The molecule has 0 bridgehead atoms. The average Bonchev–Trinajstić information content (AvgIpc) is 3.56. The lowest BCUT2D eigenvalue weighted by Gasteiger charge is -2.13. The fourth-order valence-corrected chi connectivity index (χ4v) is 6.93. The zero-order valence-electron chi connectivity index (χ0n) is 26.2. The van der Waals surface area contributed by atoms with Crippen LogP contribution in [0.4, 0.5) is 0 Å². The average molecular weight is 627 g/mol. The predicted molar refractivity (Wildman–Crippen MR) is 199 cm³/mol. The minimum atomic E-state index is 0.623. The second-order valence-electron chi connectivity index (χ2n) is 12.3. The Morgan fingerprint density at radius 2 is 1.02 bits per heavy atom. The van der Waals surface area contributed by atoms with Gasteiger partial charge in [0.1, 0.15) is 5.58 Å². The number of hydrogen-bond donors (Lipinski definition) is 0. The van der Waals surface area contributed by atoms with E-state index in [-0.39, 0.29) is 0 Å². The lowest BCUT2D eigenvalue weighted by molar-refractivity contribution is 0.654. The normalized spacial score (nSPS) is 11.7. The maximum atomic E-state index is 6.07. The Morgan fingerprint density at radius 3 is 1.88 bits per heavy atom. The SMILES string of the molecule is c1ccc(-c2nc(-c3ccc4ccccc4c3)nc(-c3cc(-c4ccc5c(cnc6oc7ccccc7c65)c4)c4ccccc4c3)n2)cc1. The molecule has 0 unspecified atom stereocenters. The summed E-state index contributed by atoms with van der Waals surface area (Å²) in [7, 11) is 0. The van der Waals surface area contributed by atoms with Gasteiger partial charge < -0.3 is 4.42 Å². The van der Waals surface area contributed by atoms with Crippen LogP contribution in [0.1, 0.15) is 0 Å². The number of rotatable bonds is 4. The molecule has 3 heterocycles. The molecule has 0 aliphatic heterocycles. The van der Waals surface area contributed by atoms with E-state index in [0.717, 1.165) is 71.1 Å². The van der Waals surface area contributed by atoms with Crippen molar-refractivity contribution >= 4 is 54.4 Å². The van der Waals surface area contributed by atoms with Crippen LogP contribution in [0.3, 0.4) is 0 Å². The molecule has 0 fully saturated rings. The van der Waals surface area contributed by atoms with Crippen molar-refractivity contribution in [2.75, 3.05) is 0 Å². The first-order valence-electron chi connectivity index (χ1n) is 16.3. The summed E-state index contributed by atoms with van der Waals surface area (Å²) < 4.78 is 6.07. The fraction of sp³-hybridized carbons (Fsp3) is 0. The van der Waals surface area contributed by atoms with Crippen LogP contribution in [0.15, 0.2) is 162 Å². The third-order valence-corrected chi connectivity index (χ3v) is 9.32. The van der Waals surface area contributed by atoms with Crippen molar-refractivity contribution in [3.05, 3.63) is 158 Å². The first-order valence-corrected chi connectivity index (χ1v) is 16.3. The Bertz CT molecular complexity index is 2890. The van der Waals surface area contributed by atoms with Gasteiger partial charge in [-0.2, -0.15) is 0 Å². The fourth-order valence-electron chi connectivity index (χ4n) is 6.93. The summed E-state index contributed by atoms with van der Waals surface area (Å²) >= 11 is 0. The van der Waals surface area contributed by atoms with Gasteiger partial charge in [-0.05, 0) is 68.4 Å². The zero-order valence-corrected chi connectivity index (χ0v) is 26.2. The van der Waals surface area contributed by atoms with Gasteiger partial charge in [0.2, 0.25) is 5.71 Å². The number of benzene rings is 7. The van der Waals surface area contributed by atoms with E-state index in [9.17, 15) is 0 Å². The number of para-hydroxylation sites is 1. The van der Waals surface area contributed by atoms with Crippen LogP contribution in [0.25, 0.3) is 99.7 Å². The molecule has 5 heteroatoms. The Balaban J connectivity index is 1.18. The quantitative estimate of drug-likeness (QED) is 0.194. The van der Waals surface area contributed by atoms with Gasteiger partial charge in [0, 0.05) is 33.7 Å². The standard InChI is InChI=1S/C44H26N4O/c1-2-11-28(12-3-1)41-46-42(32-19-18-27-10-4-5-13-29(27)22-32)48-43(47-41)33-23-30-14-6-7-15-35(30)38(25-33)31-20-21-36-34(24-31)26-45-44-40(36)37-16-8-9-17-39(37)49-44/h1-26H. The number of nitrogens with zero attached hydrogens (tertiary/aromatic N) is 4. The predicted octanol–water partition coefficient (Wildman–Crippen LogP) is 11.3. The summed E-state index contributed by atoms with van der Waals surface area (Å²) in [5, 5.41) is 8.86. The molecular formula is C44H26N4O. The second-order valence-corrected chi connectivity index (χ2v) is 12.3. The van der Waals surface area contributed by atoms with Crippen molar-refractivity contribution in [2.45, 2.75) is 0 Å². The summed E-state index contributed by atoms with van der Waals surface area (Å²) in [6.45, 7) is 0. The first kappa shape index (κ1) is 27.4. The van der Waals surface area contributed by atoms with Crippen molar-refractivity contribution in [1.29, 1.82) is 0 Å². The van der Waals surface area contributed by atoms with Gasteiger partial charge in [-0.1, -0.05) is 121 Å². The molecule has 0 aliphatic rings. The Hall–Kier alpha value is -6.72. The van der Waals surface area contributed by atoms with Crippen molar-refractivity contribution in [1.82, 2.24) is 19.9 Å². The van der Waals surface area contributed by atoms with Crippen molar-refractivity contribution in [2.24, 2.45) is 0 Å². The smallest absolute Gasteiger partial charge is 0.227 e. The lowest BCUT2D eigenvalue weighted by atomic mass is 9.93. The molecule has 3 aromatic heterocycles. The molecule has 0 aliphatic carbocycles. The van der Waals surface area contributed by atoms with E-state index >= 15 is 0 Å². The maximum Gasteiger partial charge on any atom is 0.227 e. The van der Waals surface area contributed by atoms with Gasteiger partial charge in [0.05, 0.1) is 5.39 Å². The van der Waals surface area contributed by atoms with Crippen LogP contribution >= 0.6 is 0 Å². The molecule has 0 N–H and O–H groups in total. The molecule has 5 nitrogen and oxygen atoms in total. The van der Waals surface area contributed by atoms with Crippen LogP contribution in [0, 0.1) is 0 Å². The summed E-state index contributed by atoms with van der Waals surface area (Å²) in [6, 6.07) is 52.4. The maximum absolute atomic E-state index is 6.07. The van der Waals surface area contributed by atoms with E-state index in [1.54, 1.807) is 0 Å². The molecule has 10 aromatic rings. The number of pyridine rings is 1. The van der Waals surface area contributed by atoms with Gasteiger partial charge >= 0.3 is 0 Å². The number of aromatic nitrogens is 4. The number of hydrogen-bond acceptors (Lipinski definition) is 5. The van der Waals surface area contributed by atoms with Crippen molar-refractivity contribution in [3.63, 3.8) is 0 Å². The lowest BCUT2D eigenvalue weighted by Crippen LogP contribution is -2.00. The highest BCUT2D eigenvalue weighted by Gasteiger charge is 2.17. The van der Waals surface area contributed by atoms with Crippen LogP contribution < -0.4 is 0 Å². The summed E-state index contributed by atoms with van der Waals surface area (Å²) in [4.78, 5) is 19.9. The first-order chi connectivity index (χ1) is 24.2. The van der Waals surface area contributed by atoms with E-state index in [1.165, 1.54) is 5.39 Å². The molecule has 0 saturated carbocycles. The Labute approximate surface area is 281 Å². The molecule has 0 saturated heterocycles. The van der Waals surface area contributed by atoms with E-state index in [2.05, 4.69) is 103 Å². The molecule has 7 aromatic carbocycles. The largest absolute Gasteiger partial charge is 0.438 e. The summed E-state index contributed by atoms with van der Waals surface area (Å²) in [5.41, 5.74) is 6.49. The van der Waals surface area contributed by atoms with Crippen LogP contribution in [0.2, 0.25) is 0 Å². The number of fused-ring (bicyclic) bond motifs is 7. The summed E-state index contributed by atoms with van der Waals surface area (Å²) in [5.74, 6) is 1.90. The van der Waals surface area contributed by atoms with E-state index in [0.29, 0.717) is 23.2 Å². The molecule has 49 heavy (non-hydrogen) atoms. The topological polar surface area (TPSA) is 64.7 Å². The molecule has 228 valence electrons. The van der Waals surface area contributed by atoms with E-state index < -0.39 is 0 Å². The Morgan fingerprint density at radius 1 is 0.388 bits per heavy atom. The van der Waals surface area contributed by atoms with Crippen molar-refractivity contribution < 1.29 is 4.42 Å². The summed E-state index contributed by atoms with van der Waals surface area (Å²) in [6.07, 6.45) is 1.91. The van der Waals surface area contributed by atoms with Crippen LogP contribution in [-0.2, 0) is 0 Å². The van der Waals surface area contributed by atoms with Gasteiger partial charge in [0.25, 0.3) is 0 Å². The zero-order chi connectivity index (χ0) is 32.3. The number of furan rings is 1. The second kappa shape index (κ2) is 10.9. The third-order valence-electron chi connectivity index (χ3n) is 9.32. The van der Waals surface area contributed by atoms with Crippen LogP contribution in [-0.4, -0.2) is 19.9 Å². The Kier molecular flexibility index (Phi) is 6.11. The highest BCUT2D eigenvalue weighted by atomic mass is 16.3.